The van der Waals surface area contributed by atoms with Gasteiger partial charge in [0.25, 0.3) is 0 Å². The number of rotatable bonds is 6. The molecule has 0 amide bonds. The Balaban J connectivity index is 1.55. The van der Waals surface area contributed by atoms with E-state index in [1.807, 2.05) is 17.1 Å². The van der Waals surface area contributed by atoms with Crippen LogP contribution in [0.4, 0.5) is 0 Å². The van der Waals surface area contributed by atoms with Gasteiger partial charge in [0.2, 0.25) is 0 Å². The highest BCUT2D eigenvalue weighted by Gasteiger charge is 2.30. The molecule has 0 unspecified atom stereocenters. The molecule has 2 atom stereocenters. The van der Waals surface area contributed by atoms with Crippen LogP contribution in [0.15, 0.2) is 24.8 Å². The Labute approximate surface area is 118 Å². The van der Waals surface area contributed by atoms with E-state index in [9.17, 15) is 0 Å². The van der Waals surface area contributed by atoms with E-state index in [2.05, 4.69) is 33.5 Å². The third kappa shape index (κ3) is 2.91. The van der Waals surface area contributed by atoms with Gasteiger partial charge in [-0.05, 0) is 13.3 Å². The number of hydrogen-bond donors (Lipinski definition) is 2. The summed E-state index contributed by atoms with van der Waals surface area (Å²) in [6.07, 6.45) is 8.90. The van der Waals surface area contributed by atoms with Crippen molar-refractivity contribution in [2.24, 2.45) is 5.92 Å². The van der Waals surface area contributed by atoms with Gasteiger partial charge in [-0.15, -0.1) is 0 Å². The molecule has 0 aromatic carbocycles. The third-order valence-corrected chi connectivity index (χ3v) is 3.77. The summed E-state index contributed by atoms with van der Waals surface area (Å²) in [7, 11) is 0. The number of imidazole rings is 1. The largest absolute Gasteiger partial charge is 0.373 e. The lowest BCUT2D eigenvalue weighted by Crippen LogP contribution is -2.25. The molecular weight excluding hydrogens is 254 g/mol. The molecule has 2 aromatic rings. The molecule has 2 aromatic heterocycles. The molecule has 1 aliphatic heterocycles. The lowest BCUT2D eigenvalue weighted by molar-refractivity contribution is 0.0903. The van der Waals surface area contributed by atoms with Gasteiger partial charge in [0, 0.05) is 49.8 Å². The van der Waals surface area contributed by atoms with Crippen molar-refractivity contribution in [3.8, 4) is 0 Å². The lowest BCUT2D eigenvalue weighted by Gasteiger charge is -2.17. The quantitative estimate of drug-likeness (QED) is 0.838. The maximum Gasteiger partial charge on any atom is 0.120 e. The summed E-state index contributed by atoms with van der Waals surface area (Å²) in [5, 5.41) is 7.79. The van der Waals surface area contributed by atoms with Crippen molar-refractivity contribution in [3.63, 3.8) is 0 Å². The van der Waals surface area contributed by atoms with Crippen LogP contribution in [0.3, 0.4) is 0 Å². The van der Waals surface area contributed by atoms with Crippen LogP contribution in [0.5, 0.6) is 0 Å². The number of aromatic amines is 1. The zero-order chi connectivity index (χ0) is 13.8. The van der Waals surface area contributed by atoms with Crippen LogP contribution >= 0.6 is 0 Å². The topological polar surface area (TPSA) is 67.8 Å². The van der Waals surface area contributed by atoms with Gasteiger partial charge in [-0.3, -0.25) is 4.68 Å². The number of H-pyrrole nitrogens is 1. The summed E-state index contributed by atoms with van der Waals surface area (Å²) in [4.78, 5) is 7.31. The SMILES string of the molecule is CCn1cc([C@@H]2OCC[C@H]2CNCc2ncc[nH]2)cn1. The van der Waals surface area contributed by atoms with E-state index in [0.717, 1.165) is 38.5 Å². The maximum absolute atomic E-state index is 5.88. The van der Waals surface area contributed by atoms with Crippen LogP contribution < -0.4 is 5.32 Å². The molecule has 3 rings (SSSR count). The van der Waals surface area contributed by atoms with Crippen molar-refractivity contribution in [2.45, 2.75) is 32.5 Å². The fraction of sp³-hybridized carbons (Fsp3) is 0.571. The molecule has 3 heterocycles. The highest BCUT2D eigenvalue weighted by atomic mass is 16.5. The van der Waals surface area contributed by atoms with Crippen molar-refractivity contribution in [3.05, 3.63) is 36.2 Å². The minimum atomic E-state index is 0.166. The van der Waals surface area contributed by atoms with E-state index < -0.39 is 0 Å². The number of aromatic nitrogens is 4. The highest BCUT2D eigenvalue weighted by Crippen LogP contribution is 2.33. The number of nitrogens with zero attached hydrogens (tertiary/aromatic N) is 3. The summed E-state index contributed by atoms with van der Waals surface area (Å²) in [5.41, 5.74) is 1.19. The monoisotopic (exact) mass is 275 g/mol. The molecule has 1 saturated heterocycles. The maximum atomic E-state index is 5.88. The van der Waals surface area contributed by atoms with Crippen molar-refractivity contribution < 1.29 is 4.74 Å². The Morgan fingerprint density at radius 2 is 2.50 bits per heavy atom. The van der Waals surface area contributed by atoms with Crippen molar-refractivity contribution in [1.82, 2.24) is 25.1 Å². The molecule has 6 heteroatoms. The lowest BCUT2D eigenvalue weighted by atomic mass is 9.97. The number of nitrogens with one attached hydrogen (secondary N) is 2. The van der Waals surface area contributed by atoms with E-state index in [1.54, 1.807) is 6.20 Å². The molecule has 2 N–H and O–H groups in total. The Bertz CT molecular complexity index is 521. The summed E-state index contributed by atoms with van der Waals surface area (Å²) < 4.78 is 7.83. The normalized spacial score (nSPS) is 22.4. The predicted octanol–water partition coefficient (Wildman–Crippen LogP) is 1.49. The molecular formula is C14H21N5O. The van der Waals surface area contributed by atoms with Crippen LogP contribution in [0.25, 0.3) is 0 Å². The van der Waals surface area contributed by atoms with E-state index in [1.165, 1.54) is 5.56 Å². The van der Waals surface area contributed by atoms with Crippen LogP contribution in [-0.4, -0.2) is 32.9 Å². The molecule has 1 fully saturated rings. The first-order valence-electron chi connectivity index (χ1n) is 7.19. The fourth-order valence-corrected chi connectivity index (χ4v) is 2.68. The highest BCUT2D eigenvalue weighted by molar-refractivity contribution is 5.11. The van der Waals surface area contributed by atoms with Crippen molar-refractivity contribution in [1.29, 1.82) is 0 Å². The number of ether oxygens (including phenoxy) is 1. The van der Waals surface area contributed by atoms with Gasteiger partial charge < -0.3 is 15.0 Å². The van der Waals surface area contributed by atoms with Gasteiger partial charge in [0.15, 0.2) is 0 Å². The second kappa shape index (κ2) is 6.19. The average Bonchev–Trinajstić information content (AvgIpc) is 3.20. The van der Waals surface area contributed by atoms with Gasteiger partial charge >= 0.3 is 0 Å². The zero-order valence-electron chi connectivity index (χ0n) is 11.7. The number of hydrogen-bond acceptors (Lipinski definition) is 4. The summed E-state index contributed by atoms with van der Waals surface area (Å²) in [6.45, 7) is 5.52. The van der Waals surface area contributed by atoms with Gasteiger partial charge in [-0.1, -0.05) is 0 Å². The molecule has 0 spiro atoms. The standard InChI is InChI=1S/C14H21N5O/c1-2-19-10-12(8-18-19)14-11(3-6-20-14)7-15-9-13-16-4-5-17-13/h4-5,8,10-11,14-15H,2-3,6-7,9H2,1H3,(H,16,17)/t11-,14+/m0/s1. The zero-order valence-corrected chi connectivity index (χ0v) is 11.7. The molecule has 0 aliphatic carbocycles. The van der Waals surface area contributed by atoms with Crippen LogP contribution in [-0.2, 0) is 17.8 Å². The molecule has 6 nitrogen and oxygen atoms in total. The van der Waals surface area contributed by atoms with Crippen LogP contribution in [0.2, 0.25) is 0 Å². The van der Waals surface area contributed by atoms with Gasteiger partial charge in [0.1, 0.15) is 5.82 Å². The van der Waals surface area contributed by atoms with E-state index >= 15 is 0 Å². The predicted molar refractivity (Wildman–Crippen MR) is 75.0 cm³/mol. The molecule has 0 saturated carbocycles. The van der Waals surface area contributed by atoms with Crippen molar-refractivity contribution in [2.75, 3.05) is 13.2 Å². The molecule has 0 radical (unpaired) electrons. The Morgan fingerprint density at radius 1 is 1.55 bits per heavy atom. The Hall–Kier alpha value is -1.66. The minimum absolute atomic E-state index is 0.166. The van der Waals surface area contributed by atoms with E-state index in [4.69, 9.17) is 4.74 Å². The van der Waals surface area contributed by atoms with Crippen molar-refractivity contribution >= 4 is 0 Å². The smallest absolute Gasteiger partial charge is 0.120 e. The average molecular weight is 275 g/mol. The fourth-order valence-electron chi connectivity index (χ4n) is 2.68. The summed E-state index contributed by atoms with van der Waals surface area (Å²) in [5.74, 6) is 1.47. The second-order valence-corrected chi connectivity index (χ2v) is 5.14. The first-order chi connectivity index (χ1) is 9.86. The third-order valence-electron chi connectivity index (χ3n) is 3.77. The molecule has 1 aliphatic rings. The Morgan fingerprint density at radius 3 is 3.25 bits per heavy atom. The van der Waals surface area contributed by atoms with Gasteiger partial charge in [-0.25, -0.2) is 4.98 Å². The summed E-state index contributed by atoms with van der Waals surface area (Å²) in [6, 6.07) is 0. The molecule has 108 valence electrons. The van der Waals surface area contributed by atoms with E-state index in [0.29, 0.717) is 5.92 Å². The van der Waals surface area contributed by atoms with Gasteiger partial charge in [0.05, 0.1) is 18.8 Å². The summed E-state index contributed by atoms with van der Waals surface area (Å²) >= 11 is 0. The van der Waals surface area contributed by atoms with E-state index in [-0.39, 0.29) is 6.10 Å². The van der Waals surface area contributed by atoms with Gasteiger partial charge in [-0.2, -0.15) is 5.10 Å². The second-order valence-electron chi connectivity index (χ2n) is 5.14. The Kier molecular flexibility index (Phi) is 4.13. The molecule has 0 bridgehead atoms. The first-order valence-corrected chi connectivity index (χ1v) is 7.19. The van der Waals surface area contributed by atoms with Crippen LogP contribution in [0, 0.1) is 5.92 Å². The number of aryl methyl sites for hydroxylation is 1. The van der Waals surface area contributed by atoms with Crippen LogP contribution in [0.1, 0.15) is 30.8 Å². The first kappa shape index (κ1) is 13.3. The minimum Gasteiger partial charge on any atom is -0.373 e. The molecule has 20 heavy (non-hydrogen) atoms.